The third-order valence-corrected chi connectivity index (χ3v) is 4.26. The molecule has 3 rings (SSSR count). The molecule has 1 aliphatic heterocycles. The van der Waals surface area contributed by atoms with Crippen LogP contribution in [0.3, 0.4) is 0 Å². The van der Waals surface area contributed by atoms with Gasteiger partial charge in [0.25, 0.3) is 0 Å². The van der Waals surface area contributed by atoms with Gasteiger partial charge in [0.1, 0.15) is 17.7 Å². The number of anilines is 1. The van der Waals surface area contributed by atoms with Gasteiger partial charge in [0.15, 0.2) is 0 Å². The van der Waals surface area contributed by atoms with E-state index in [1.54, 1.807) is 13.1 Å². The van der Waals surface area contributed by atoms with Crippen molar-refractivity contribution in [1.29, 1.82) is 0 Å². The average molecular weight is 330 g/mol. The van der Waals surface area contributed by atoms with Crippen LogP contribution in [0.15, 0.2) is 48.5 Å². The molecule has 128 valence electrons. The van der Waals surface area contributed by atoms with Crippen LogP contribution >= 0.6 is 0 Å². The van der Waals surface area contributed by atoms with Gasteiger partial charge in [-0.15, -0.1) is 0 Å². The van der Waals surface area contributed by atoms with Gasteiger partial charge in [0.05, 0.1) is 24.4 Å². The van der Waals surface area contributed by atoms with Gasteiger partial charge in [-0.2, -0.15) is 0 Å². The molecule has 0 aromatic heterocycles. The molecule has 2 aromatic rings. The smallest absolute Gasteiger partial charge is 0.143 e. The van der Waals surface area contributed by atoms with Gasteiger partial charge in [-0.05, 0) is 43.8 Å². The number of nitrogens with zero attached hydrogens (tertiary/aromatic N) is 1. The van der Waals surface area contributed by atoms with Crippen molar-refractivity contribution in [2.45, 2.75) is 25.2 Å². The number of para-hydroxylation sites is 2. The van der Waals surface area contributed by atoms with Crippen molar-refractivity contribution in [3.63, 3.8) is 0 Å². The molecule has 4 nitrogen and oxygen atoms in total. The number of aliphatic hydroxyl groups is 1. The molecule has 24 heavy (non-hydrogen) atoms. The summed E-state index contributed by atoms with van der Waals surface area (Å²) in [4.78, 5) is 2.11. The summed E-state index contributed by atoms with van der Waals surface area (Å²) in [6, 6.07) is 13.8. The Morgan fingerprint density at radius 3 is 2.83 bits per heavy atom. The van der Waals surface area contributed by atoms with Gasteiger partial charge in [0, 0.05) is 6.54 Å². The molecule has 2 aromatic carbocycles. The van der Waals surface area contributed by atoms with Gasteiger partial charge >= 0.3 is 0 Å². The summed E-state index contributed by atoms with van der Waals surface area (Å²) in [6.45, 7) is 3.03. The molecule has 3 atom stereocenters. The Morgan fingerprint density at radius 2 is 2.08 bits per heavy atom. The molecule has 0 saturated heterocycles. The lowest BCUT2D eigenvalue weighted by molar-refractivity contribution is 0.127. The highest BCUT2D eigenvalue weighted by atomic mass is 19.1. The molecular formula is C19H23FN2O2. The quantitative estimate of drug-likeness (QED) is 0.885. The lowest BCUT2D eigenvalue weighted by Crippen LogP contribution is -2.47. The largest absolute Gasteiger partial charge is 0.487 e. The first-order chi connectivity index (χ1) is 11.6. The van der Waals surface area contributed by atoms with E-state index in [4.69, 9.17) is 4.74 Å². The zero-order chi connectivity index (χ0) is 17.1. The number of fused-ring (bicyclic) bond motifs is 1. The molecule has 3 unspecified atom stereocenters. The predicted molar refractivity (Wildman–Crippen MR) is 93.0 cm³/mol. The van der Waals surface area contributed by atoms with Crippen LogP contribution in [0, 0.1) is 5.82 Å². The Hall–Kier alpha value is -2.11. The first-order valence-electron chi connectivity index (χ1n) is 8.20. The van der Waals surface area contributed by atoms with E-state index in [9.17, 15) is 9.50 Å². The number of likely N-dealkylation sites (N-methyl/N-ethyl adjacent to an activating group) is 1. The number of benzene rings is 2. The van der Waals surface area contributed by atoms with Crippen LogP contribution in [0.4, 0.5) is 10.1 Å². The minimum Gasteiger partial charge on any atom is -0.487 e. The van der Waals surface area contributed by atoms with E-state index in [1.807, 2.05) is 37.3 Å². The first-order valence-corrected chi connectivity index (χ1v) is 8.20. The van der Waals surface area contributed by atoms with Crippen LogP contribution in [0.2, 0.25) is 0 Å². The van der Waals surface area contributed by atoms with Gasteiger partial charge < -0.3 is 20.1 Å². The number of halogens is 1. The zero-order valence-corrected chi connectivity index (χ0v) is 13.9. The molecule has 0 saturated carbocycles. The SMILES string of the molecule is CNCC(O)C(c1cccc(F)c1)N1CC(C)Oc2ccccc21. The van der Waals surface area contributed by atoms with Crippen molar-refractivity contribution in [3.8, 4) is 5.75 Å². The molecule has 0 amide bonds. The third-order valence-electron chi connectivity index (χ3n) is 4.26. The van der Waals surface area contributed by atoms with Crippen LogP contribution in [0.25, 0.3) is 0 Å². The number of hydrogen-bond donors (Lipinski definition) is 2. The molecule has 1 heterocycles. The Balaban J connectivity index is 2.05. The summed E-state index contributed by atoms with van der Waals surface area (Å²) in [7, 11) is 1.79. The van der Waals surface area contributed by atoms with Crippen molar-refractivity contribution in [2.75, 3.05) is 25.0 Å². The van der Waals surface area contributed by atoms with E-state index in [-0.39, 0.29) is 18.0 Å². The van der Waals surface area contributed by atoms with Gasteiger partial charge in [-0.3, -0.25) is 0 Å². The molecule has 0 fully saturated rings. The molecule has 2 N–H and O–H groups in total. The second-order valence-corrected chi connectivity index (χ2v) is 6.17. The summed E-state index contributed by atoms with van der Waals surface area (Å²) < 4.78 is 19.7. The maximum atomic E-state index is 13.8. The standard InChI is InChI=1S/C19H23FN2O2/c1-13-12-22(16-8-3-4-9-18(16)24-13)19(17(23)11-21-2)14-6-5-7-15(20)10-14/h3-10,13,17,19,21,23H,11-12H2,1-2H3. The lowest BCUT2D eigenvalue weighted by atomic mass is 9.97. The van der Waals surface area contributed by atoms with Crippen molar-refractivity contribution in [1.82, 2.24) is 5.32 Å². The average Bonchev–Trinajstić information content (AvgIpc) is 2.55. The highest BCUT2D eigenvalue weighted by Gasteiger charge is 2.33. The number of aliphatic hydroxyl groups excluding tert-OH is 1. The fourth-order valence-electron chi connectivity index (χ4n) is 3.31. The summed E-state index contributed by atoms with van der Waals surface area (Å²) >= 11 is 0. The van der Waals surface area contributed by atoms with Crippen LogP contribution in [-0.4, -0.2) is 37.5 Å². The maximum absolute atomic E-state index is 13.8. The molecule has 5 heteroatoms. The topological polar surface area (TPSA) is 44.7 Å². The summed E-state index contributed by atoms with van der Waals surface area (Å²) in [6.07, 6.45) is -0.701. The van der Waals surface area contributed by atoms with Crippen LogP contribution in [0.5, 0.6) is 5.75 Å². The van der Waals surface area contributed by atoms with Crippen molar-refractivity contribution in [3.05, 3.63) is 59.9 Å². The van der Waals surface area contributed by atoms with Crippen LogP contribution in [-0.2, 0) is 0 Å². The Kier molecular flexibility index (Phi) is 5.02. The van der Waals surface area contributed by atoms with Crippen LogP contribution < -0.4 is 15.0 Å². The van der Waals surface area contributed by atoms with E-state index >= 15 is 0 Å². The summed E-state index contributed by atoms with van der Waals surface area (Å²) in [5, 5.41) is 13.8. The molecule has 0 spiro atoms. The molecule has 1 aliphatic rings. The highest BCUT2D eigenvalue weighted by Crippen LogP contribution is 2.39. The maximum Gasteiger partial charge on any atom is 0.143 e. The van der Waals surface area contributed by atoms with E-state index in [0.29, 0.717) is 13.1 Å². The normalized spacial score (nSPS) is 19.3. The monoisotopic (exact) mass is 330 g/mol. The third kappa shape index (κ3) is 3.37. The van der Waals surface area contributed by atoms with Gasteiger partial charge in [0.2, 0.25) is 0 Å². The van der Waals surface area contributed by atoms with E-state index < -0.39 is 6.10 Å². The van der Waals surface area contributed by atoms with E-state index in [1.165, 1.54) is 12.1 Å². The van der Waals surface area contributed by atoms with Gasteiger partial charge in [-0.1, -0.05) is 24.3 Å². The molecule has 0 radical (unpaired) electrons. The van der Waals surface area contributed by atoms with E-state index in [2.05, 4.69) is 10.2 Å². The summed E-state index contributed by atoms with van der Waals surface area (Å²) in [5.74, 6) is 0.484. The number of ether oxygens (including phenoxy) is 1. The van der Waals surface area contributed by atoms with Crippen molar-refractivity contribution in [2.24, 2.45) is 0 Å². The minimum atomic E-state index is -0.685. The fourth-order valence-corrected chi connectivity index (χ4v) is 3.31. The highest BCUT2D eigenvalue weighted by molar-refractivity contribution is 5.61. The minimum absolute atomic E-state index is 0.0160. The Labute approximate surface area is 141 Å². The van der Waals surface area contributed by atoms with E-state index in [0.717, 1.165) is 17.0 Å². The summed E-state index contributed by atoms with van der Waals surface area (Å²) in [5.41, 5.74) is 1.67. The van der Waals surface area contributed by atoms with Gasteiger partial charge in [-0.25, -0.2) is 4.39 Å². The Morgan fingerprint density at radius 1 is 1.29 bits per heavy atom. The number of hydrogen-bond acceptors (Lipinski definition) is 4. The van der Waals surface area contributed by atoms with Crippen LogP contribution in [0.1, 0.15) is 18.5 Å². The molecule has 0 aliphatic carbocycles. The molecule has 0 bridgehead atoms. The predicted octanol–water partition coefficient (Wildman–Crippen LogP) is 2.73. The fraction of sp³-hybridized carbons (Fsp3) is 0.368. The molecular weight excluding hydrogens is 307 g/mol. The number of rotatable bonds is 5. The first kappa shape index (κ1) is 16.7. The number of nitrogens with one attached hydrogen (secondary N) is 1. The zero-order valence-electron chi connectivity index (χ0n) is 13.9. The second-order valence-electron chi connectivity index (χ2n) is 6.17. The Bertz CT molecular complexity index is 695. The van der Waals surface area contributed by atoms with Crippen molar-refractivity contribution >= 4 is 5.69 Å². The second kappa shape index (κ2) is 7.20. The lowest BCUT2D eigenvalue weighted by Gasteiger charge is -2.42. The van der Waals surface area contributed by atoms with Crippen molar-refractivity contribution < 1.29 is 14.2 Å².